The highest BCUT2D eigenvalue weighted by atomic mass is 14.9. The SMILES string of the molecule is C1=CC(c2c[nH]c3ccccc23)NC1. The molecule has 0 bridgehead atoms. The summed E-state index contributed by atoms with van der Waals surface area (Å²) >= 11 is 0. The fourth-order valence-corrected chi connectivity index (χ4v) is 2.03. The Morgan fingerprint density at radius 3 is 3.00 bits per heavy atom. The molecule has 2 nitrogen and oxygen atoms in total. The third kappa shape index (κ3) is 1.08. The number of fused-ring (bicyclic) bond motifs is 1. The highest BCUT2D eigenvalue weighted by Gasteiger charge is 2.14. The number of benzene rings is 1. The first-order valence-corrected chi connectivity index (χ1v) is 4.91. The largest absolute Gasteiger partial charge is 0.361 e. The number of nitrogens with one attached hydrogen (secondary N) is 2. The van der Waals surface area contributed by atoms with Crippen LogP contribution in [0.1, 0.15) is 11.6 Å². The molecule has 0 fully saturated rings. The Morgan fingerprint density at radius 2 is 2.14 bits per heavy atom. The summed E-state index contributed by atoms with van der Waals surface area (Å²) in [6.07, 6.45) is 6.49. The normalized spacial score (nSPS) is 20.7. The third-order valence-corrected chi connectivity index (χ3v) is 2.74. The van der Waals surface area contributed by atoms with E-state index in [1.165, 1.54) is 16.5 Å². The third-order valence-electron chi connectivity index (χ3n) is 2.74. The zero-order chi connectivity index (χ0) is 9.38. The summed E-state index contributed by atoms with van der Waals surface area (Å²) in [5, 5.41) is 4.74. The number of hydrogen-bond donors (Lipinski definition) is 2. The minimum atomic E-state index is 0.381. The van der Waals surface area contributed by atoms with Crippen LogP contribution in [0.3, 0.4) is 0 Å². The molecule has 1 aliphatic rings. The van der Waals surface area contributed by atoms with Crippen LogP contribution in [0.25, 0.3) is 10.9 Å². The maximum atomic E-state index is 3.42. The molecule has 0 saturated heterocycles. The van der Waals surface area contributed by atoms with E-state index in [1.54, 1.807) is 0 Å². The van der Waals surface area contributed by atoms with Crippen molar-refractivity contribution in [3.05, 3.63) is 48.2 Å². The van der Waals surface area contributed by atoms with Gasteiger partial charge < -0.3 is 10.3 Å². The Bertz CT molecular complexity index is 482. The van der Waals surface area contributed by atoms with Crippen molar-refractivity contribution in [1.82, 2.24) is 10.3 Å². The van der Waals surface area contributed by atoms with Gasteiger partial charge in [0.25, 0.3) is 0 Å². The van der Waals surface area contributed by atoms with Crippen molar-refractivity contribution in [3.8, 4) is 0 Å². The van der Waals surface area contributed by atoms with E-state index in [0.29, 0.717) is 6.04 Å². The fraction of sp³-hybridized carbons (Fsp3) is 0.167. The first kappa shape index (κ1) is 7.83. The number of H-pyrrole nitrogens is 1. The molecule has 70 valence electrons. The van der Waals surface area contributed by atoms with Crippen LogP contribution in [0.2, 0.25) is 0 Å². The molecular formula is C12H12N2. The average Bonchev–Trinajstić information content (AvgIpc) is 2.85. The smallest absolute Gasteiger partial charge is 0.0530 e. The van der Waals surface area contributed by atoms with Crippen molar-refractivity contribution in [1.29, 1.82) is 0 Å². The van der Waals surface area contributed by atoms with E-state index in [-0.39, 0.29) is 0 Å². The van der Waals surface area contributed by atoms with Gasteiger partial charge in [-0.1, -0.05) is 30.4 Å². The molecule has 0 spiro atoms. The number of aromatic nitrogens is 1. The summed E-state index contributed by atoms with van der Waals surface area (Å²) in [4.78, 5) is 3.29. The molecule has 2 heteroatoms. The molecule has 0 saturated carbocycles. The quantitative estimate of drug-likeness (QED) is 0.654. The maximum absolute atomic E-state index is 3.42. The van der Waals surface area contributed by atoms with Gasteiger partial charge in [-0.05, 0) is 11.6 Å². The van der Waals surface area contributed by atoms with Gasteiger partial charge in [0.2, 0.25) is 0 Å². The number of rotatable bonds is 1. The predicted molar refractivity (Wildman–Crippen MR) is 58.2 cm³/mol. The Labute approximate surface area is 82.6 Å². The average molecular weight is 184 g/mol. The topological polar surface area (TPSA) is 27.8 Å². The molecule has 0 radical (unpaired) electrons. The lowest BCUT2D eigenvalue weighted by Gasteiger charge is -2.06. The van der Waals surface area contributed by atoms with E-state index in [2.05, 4.69) is 52.9 Å². The van der Waals surface area contributed by atoms with E-state index in [1.807, 2.05) is 0 Å². The zero-order valence-electron chi connectivity index (χ0n) is 7.83. The molecule has 2 heterocycles. The van der Waals surface area contributed by atoms with Crippen LogP contribution in [0.15, 0.2) is 42.6 Å². The second-order valence-corrected chi connectivity index (χ2v) is 3.60. The molecule has 14 heavy (non-hydrogen) atoms. The lowest BCUT2D eigenvalue weighted by atomic mass is 10.1. The molecule has 1 atom stereocenters. The van der Waals surface area contributed by atoms with Gasteiger partial charge in [-0.15, -0.1) is 0 Å². The molecule has 3 rings (SSSR count). The second kappa shape index (κ2) is 3.00. The molecule has 1 aromatic carbocycles. The minimum Gasteiger partial charge on any atom is -0.361 e. The second-order valence-electron chi connectivity index (χ2n) is 3.60. The lowest BCUT2D eigenvalue weighted by molar-refractivity contribution is 0.717. The molecule has 1 unspecified atom stereocenters. The molecule has 2 N–H and O–H groups in total. The molecule has 1 aromatic heterocycles. The van der Waals surface area contributed by atoms with Crippen molar-refractivity contribution < 1.29 is 0 Å². The van der Waals surface area contributed by atoms with E-state index < -0.39 is 0 Å². The summed E-state index contributed by atoms with van der Waals surface area (Å²) in [7, 11) is 0. The Hall–Kier alpha value is -1.54. The van der Waals surface area contributed by atoms with Gasteiger partial charge in [0.15, 0.2) is 0 Å². The summed E-state index contributed by atoms with van der Waals surface area (Å²) in [6, 6.07) is 8.79. The minimum absolute atomic E-state index is 0.381. The Balaban J connectivity index is 2.16. The molecule has 0 aliphatic carbocycles. The van der Waals surface area contributed by atoms with Gasteiger partial charge >= 0.3 is 0 Å². The van der Waals surface area contributed by atoms with E-state index in [9.17, 15) is 0 Å². The van der Waals surface area contributed by atoms with Crippen LogP contribution in [-0.2, 0) is 0 Å². The Morgan fingerprint density at radius 1 is 1.21 bits per heavy atom. The zero-order valence-corrected chi connectivity index (χ0v) is 7.83. The van der Waals surface area contributed by atoms with Gasteiger partial charge in [0.1, 0.15) is 0 Å². The van der Waals surface area contributed by atoms with Crippen molar-refractivity contribution in [3.63, 3.8) is 0 Å². The van der Waals surface area contributed by atoms with Crippen LogP contribution in [0.5, 0.6) is 0 Å². The van der Waals surface area contributed by atoms with E-state index >= 15 is 0 Å². The predicted octanol–water partition coefficient (Wildman–Crippen LogP) is 2.37. The first-order chi connectivity index (χ1) is 6.95. The molecular weight excluding hydrogens is 172 g/mol. The van der Waals surface area contributed by atoms with Gasteiger partial charge in [-0.2, -0.15) is 0 Å². The molecule has 0 amide bonds. The van der Waals surface area contributed by atoms with Crippen LogP contribution >= 0.6 is 0 Å². The monoisotopic (exact) mass is 184 g/mol. The van der Waals surface area contributed by atoms with E-state index in [4.69, 9.17) is 0 Å². The number of para-hydroxylation sites is 1. The molecule has 1 aliphatic heterocycles. The summed E-state index contributed by atoms with van der Waals surface area (Å²) < 4.78 is 0. The number of hydrogen-bond acceptors (Lipinski definition) is 1. The summed E-state index contributed by atoms with van der Waals surface area (Å²) in [6.45, 7) is 0.976. The highest BCUT2D eigenvalue weighted by molar-refractivity contribution is 5.83. The first-order valence-electron chi connectivity index (χ1n) is 4.91. The highest BCUT2D eigenvalue weighted by Crippen LogP contribution is 2.26. The Kier molecular flexibility index (Phi) is 1.67. The maximum Gasteiger partial charge on any atom is 0.0530 e. The van der Waals surface area contributed by atoms with Crippen molar-refractivity contribution in [2.75, 3.05) is 6.54 Å². The van der Waals surface area contributed by atoms with Gasteiger partial charge in [0, 0.05) is 23.6 Å². The summed E-state index contributed by atoms with van der Waals surface area (Å²) in [5.74, 6) is 0. The number of aromatic amines is 1. The van der Waals surface area contributed by atoms with Crippen LogP contribution in [-0.4, -0.2) is 11.5 Å². The van der Waals surface area contributed by atoms with E-state index in [0.717, 1.165) is 6.54 Å². The van der Waals surface area contributed by atoms with Crippen molar-refractivity contribution in [2.24, 2.45) is 0 Å². The standard InChI is InChI=1S/C12H12N2/c1-2-5-11-9(4-1)10(8-14-11)12-6-3-7-13-12/h1-6,8,12-14H,7H2. The summed E-state index contributed by atoms with van der Waals surface area (Å²) in [5.41, 5.74) is 2.55. The van der Waals surface area contributed by atoms with Crippen LogP contribution < -0.4 is 5.32 Å². The fourth-order valence-electron chi connectivity index (χ4n) is 2.03. The molecule has 2 aromatic rings. The van der Waals surface area contributed by atoms with Crippen molar-refractivity contribution >= 4 is 10.9 Å². The van der Waals surface area contributed by atoms with Gasteiger partial charge in [-0.3, -0.25) is 0 Å². The van der Waals surface area contributed by atoms with Crippen LogP contribution in [0, 0.1) is 0 Å². The van der Waals surface area contributed by atoms with Crippen molar-refractivity contribution in [2.45, 2.75) is 6.04 Å². The van der Waals surface area contributed by atoms with Gasteiger partial charge in [-0.25, -0.2) is 0 Å². The van der Waals surface area contributed by atoms with Gasteiger partial charge in [0.05, 0.1) is 6.04 Å². The lowest BCUT2D eigenvalue weighted by Crippen LogP contribution is -2.13. The van der Waals surface area contributed by atoms with Crippen LogP contribution in [0.4, 0.5) is 0 Å².